The van der Waals surface area contributed by atoms with Crippen LogP contribution in [0.15, 0.2) is 30.5 Å². The molecule has 0 aliphatic rings. The minimum Gasteiger partial charge on any atom is -0.314 e. The van der Waals surface area contributed by atoms with Gasteiger partial charge in [-0.2, -0.15) is 0 Å². The molecule has 2 rings (SSSR count). The Kier molecular flexibility index (Phi) is 4.85. The maximum absolute atomic E-state index is 11.5. The van der Waals surface area contributed by atoms with Crippen LogP contribution in [-0.4, -0.2) is 22.5 Å². The number of likely N-dealkylation sites (N-methyl/N-ethyl adjacent to an activating group) is 1. The second-order valence-corrected chi connectivity index (χ2v) is 5.51. The first-order valence-corrected chi connectivity index (χ1v) is 7.29. The fourth-order valence-electron chi connectivity index (χ4n) is 2.61. The fraction of sp³-hybridized carbons (Fsp3) is 0.438. The Morgan fingerprint density at radius 1 is 1.33 bits per heavy atom. The largest absolute Gasteiger partial charge is 0.314 e. The predicted molar refractivity (Wildman–Crippen MR) is 84.4 cm³/mol. The number of benzene rings is 1. The van der Waals surface area contributed by atoms with E-state index in [1.54, 1.807) is 18.3 Å². The molecular weight excluding hydrogens is 266 g/mol. The Morgan fingerprint density at radius 2 is 2.10 bits per heavy atom. The van der Waals surface area contributed by atoms with Crippen molar-refractivity contribution in [3.63, 3.8) is 0 Å². The summed E-state index contributed by atoms with van der Waals surface area (Å²) in [5.74, 6) is 0.411. The lowest BCUT2D eigenvalue weighted by molar-refractivity contribution is -0.383. The highest BCUT2D eigenvalue weighted by atomic mass is 16.6. The summed E-state index contributed by atoms with van der Waals surface area (Å²) in [4.78, 5) is 15.4. The number of rotatable bonds is 6. The first-order chi connectivity index (χ1) is 10.0. The van der Waals surface area contributed by atoms with E-state index < -0.39 is 0 Å². The zero-order valence-electron chi connectivity index (χ0n) is 12.7. The highest BCUT2D eigenvalue weighted by Crippen LogP contribution is 2.30. The lowest BCUT2D eigenvalue weighted by Crippen LogP contribution is -2.35. The number of nitro benzene ring substituents is 1. The van der Waals surface area contributed by atoms with Crippen molar-refractivity contribution in [1.82, 2.24) is 10.3 Å². The smallest absolute Gasteiger partial charge is 0.281 e. The van der Waals surface area contributed by atoms with E-state index in [1.807, 2.05) is 19.1 Å². The van der Waals surface area contributed by atoms with E-state index in [2.05, 4.69) is 24.1 Å². The quantitative estimate of drug-likeness (QED) is 0.653. The molecule has 0 aliphatic carbocycles. The van der Waals surface area contributed by atoms with Crippen LogP contribution in [0.3, 0.4) is 0 Å². The topological polar surface area (TPSA) is 68.1 Å². The van der Waals surface area contributed by atoms with Crippen molar-refractivity contribution in [2.24, 2.45) is 5.92 Å². The second-order valence-electron chi connectivity index (χ2n) is 5.51. The molecule has 2 aromatic rings. The standard InChI is InChI=1S/C16H21N3O2/c1-4-17-15(11(2)3)10-12-7-8-14-13(6-5-9-18-14)16(12)19(20)21/h5-9,11,15,17H,4,10H2,1-3H3. The van der Waals surface area contributed by atoms with Gasteiger partial charge in [0.15, 0.2) is 0 Å². The molecule has 1 atom stereocenters. The van der Waals surface area contributed by atoms with Crippen LogP contribution in [0.4, 0.5) is 5.69 Å². The summed E-state index contributed by atoms with van der Waals surface area (Å²) >= 11 is 0. The maximum atomic E-state index is 11.5. The van der Waals surface area contributed by atoms with E-state index in [4.69, 9.17) is 0 Å². The van der Waals surface area contributed by atoms with Gasteiger partial charge in [0.05, 0.1) is 15.8 Å². The van der Waals surface area contributed by atoms with Crippen molar-refractivity contribution in [3.8, 4) is 0 Å². The van der Waals surface area contributed by atoms with Gasteiger partial charge in [0.25, 0.3) is 5.69 Å². The molecular formula is C16H21N3O2. The number of aromatic nitrogens is 1. The van der Waals surface area contributed by atoms with Gasteiger partial charge in [-0.3, -0.25) is 15.1 Å². The molecule has 0 spiro atoms. The van der Waals surface area contributed by atoms with E-state index >= 15 is 0 Å². The summed E-state index contributed by atoms with van der Waals surface area (Å²) in [6.07, 6.45) is 2.30. The van der Waals surface area contributed by atoms with Gasteiger partial charge in [-0.1, -0.05) is 20.8 Å². The van der Waals surface area contributed by atoms with Crippen molar-refractivity contribution in [2.45, 2.75) is 33.2 Å². The van der Waals surface area contributed by atoms with Gasteiger partial charge >= 0.3 is 0 Å². The first kappa shape index (κ1) is 15.4. The normalized spacial score (nSPS) is 12.8. The van der Waals surface area contributed by atoms with Crippen molar-refractivity contribution in [3.05, 3.63) is 46.1 Å². The fourth-order valence-corrected chi connectivity index (χ4v) is 2.61. The van der Waals surface area contributed by atoms with Crippen LogP contribution < -0.4 is 5.32 Å². The zero-order chi connectivity index (χ0) is 15.4. The van der Waals surface area contributed by atoms with Crippen molar-refractivity contribution in [2.75, 3.05) is 6.54 Å². The minimum absolute atomic E-state index is 0.184. The molecule has 1 aromatic heterocycles. The van der Waals surface area contributed by atoms with Crippen LogP contribution in [0.1, 0.15) is 26.3 Å². The van der Waals surface area contributed by atoms with Crippen molar-refractivity contribution in [1.29, 1.82) is 0 Å². The molecule has 0 saturated carbocycles. The lowest BCUT2D eigenvalue weighted by atomic mass is 9.94. The van der Waals surface area contributed by atoms with Gasteiger partial charge in [0.2, 0.25) is 0 Å². The predicted octanol–water partition coefficient (Wildman–Crippen LogP) is 3.32. The molecule has 0 aliphatic heterocycles. The summed E-state index contributed by atoms with van der Waals surface area (Å²) in [5, 5.41) is 15.5. The Labute approximate surface area is 124 Å². The van der Waals surface area contributed by atoms with Crippen LogP contribution >= 0.6 is 0 Å². The summed E-state index contributed by atoms with van der Waals surface area (Å²) in [5.41, 5.74) is 1.61. The number of pyridine rings is 1. The van der Waals surface area contributed by atoms with Crippen LogP contribution in [0.5, 0.6) is 0 Å². The van der Waals surface area contributed by atoms with Crippen LogP contribution in [0.25, 0.3) is 10.9 Å². The molecule has 0 radical (unpaired) electrons. The number of fused-ring (bicyclic) bond motifs is 1. The van der Waals surface area contributed by atoms with Crippen LogP contribution in [0, 0.1) is 16.0 Å². The molecule has 21 heavy (non-hydrogen) atoms. The third kappa shape index (κ3) is 3.36. The van der Waals surface area contributed by atoms with Crippen molar-refractivity contribution < 1.29 is 4.92 Å². The molecule has 1 unspecified atom stereocenters. The summed E-state index contributed by atoms with van der Waals surface area (Å²) in [6, 6.07) is 7.43. The van der Waals surface area contributed by atoms with Crippen molar-refractivity contribution >= 4 is 16.6 Å². The minimum atomic E-state index is -0.289. The van der Waals surface area contributed by atoms with E-state index in [0.29, 0.717) is 23.2 Å². The molecule has 1 N–H and O–H groups in total. The van der Waals surface area contributed by atoms with Crippen LogP contribution in [0.2, 0.25) is 0 Å². The van der Waals surface area contributed by atoms with E-state index in [9.17, 15) is 10.1 Å². The highest BCUT2D eigenvalue weighted by molar-refractivity contribution is 5.89. The molecule has 112 valence electrons. The van der Waals surface area contributed by atoms with Crippen LogP contribution in [-0.2, 0) is 6.42 Å². The molecule has 1 aromatic carbocycles. The van der Waals surface area contributed by atoms with Gasteiger partial charge in [0, 0.05) is 17.8 Å². The number of nitrogens with one attached hydrogen (secondary N) is 1. The Hall–Kier alpha value is -2.01. The average molecular weight is 287 g/mol. The summed E-state index contributed by atoms with van der Waals surface area (Å²) in [7, 11) is 0. The monoisotopic (exact) mass is 287 g/mol. The number of nitrogens with zero attached hydrogens (tertiary/aromatic N) is 2. The number of hydrogen-bond donors (Lipinski definition) is 1. The molecule has 0 saturated heterocycles. The van der Waals surface area contributed by atoms with Gasteiger partial charge in [-0.05, 0) is 43.1 Å². The van der Waals surface area contributed by atoms with Gasteiger partial charge in [-0.15, -0.1) is 0 Å². The van der Waals surface area contributed by atoms with E-state index in [1.165, 1.54) is 0 Å². The molecule has 5 heteroatoms. The summed E-state index contributed by atoms with van der Waals surface area (Å²) < 4.78 is 0. The zero-order valence-corrected chi connectivity index (χ0v) is 12.7. The third-order valence-corrected chi connectivity index (χ3v) is 3.73. The van der Waals surface area contributed by atoms with E-state index in [0.717, 1.165) is 12.1 Å². The summed E-state index contributed by atoms with van der Waals surface area (Å²) in [6.45, 7) is 7.16. The Morgan fingerprint density at radius 3 is 2.71 bits per heavy atom. The number of hydrogen-bond acceptors (Lipinski definition) is 4. The third-order valence-electron chi connectivity index (χ3n) is 3.73. The van der Waals surface area contributed by atoms with Gasteiger partial charge in [0.1, 0.15) is 0 Å². The van der Waals surface area contributed by atoms with Gasteiger partial charge in [-0.25, -0.2) is 0 Å². The van der Waals surface area contributed by atoms with E-state index in [-0.39, 0.29) is 16.7 Å². The SMILES string of the molecule is CCNC(Cc1ccc2ncccc2c1[N+](=O)[O-])C(C)C. The second kappa shape index (κ2) is 6.63. The average Bonchev–Trinajstić information content (AvgIpc) is 2.45. The molecule has 0 amide bonds. The van der Waals surface area contributed by atoms with Gasteiger partial charge < -0.3 is 5.32 Å². The highest BCUT2D eigenvalue weighted by Gasteiger charge is 2.22. The molecule has 1 heterocycles. The lowest BCUT2D eigenvalue weighted by Gasteiger charge is -2.22. The Bertz CT molecular complexity index is 640. The maximum Gasteiger partial charge on any atom is 0.281 e. The molecule has 0 fully saturated rings. The molecule has 5 nitrogen and oxygen atoms in total. The molecule has 0 bridgehead atoms. The first-order valence-electron chi connectivity index (χ1n) is 7.29. The Balaban J connectivity index is 2.48. The number of nitro groups is 1.